The molecular weight excluding hydrogens is 442 g/mol. The summed E-state index contributed by atoms with van der Waals surface area (Å²) in [6.45, 7) is 5.46. The Labute approximate surface area is 195 Å². The Morgan fingerprint density at radius 2 is 1.91 bits per heavy atom. The van der Waals surface area contributed by atoms with Crippen LogP contribution in [0, 0.1) is 6.92 Å². The zero-order valence-corrected chi connectivity index (χ0v) is 19.8. The predicted octanol–water partition coefficient (Wildman–Crippen LogP) is 4.60. The highest BCUT2D eigenvalue weighted by Gasteiger charge is 2.32. The second kappa shape index (κ2) is 9.03. The first-order valence-electron chi connectivity index (χ1n) is 10.3. The molecule has 170 valence electrons. The number of fused-ring (bicyclic) bond motifs is 1. The molecule has 0 fully saturated rings. The second-order valence-corrected chi connectivity index (χ2v) is 8.24. The van der Waals surface area contributed by atoms with Gasteiger partial charge in [0, 0.05) is 5.56 Å². The summed E-state index contributed by atoms with van der Waals surface area (Å²) in [6.07, 6.45) is 1.77. The molecule has 1 aliphatic heterocycles. The quantitative estimate of drug-likeness (QED) is 0.390. The molecule has 0 spiro atoms. The van der Waals surface area contributed by atoms with E-state index < -0.39 is 5.97 Å². The number of anilines is 1. The smallest absolute Gasteiger partial charge is 0.350 e. The molecule has 9 heteroatoms. The lowest BCUT2D eigenvalue weighted by atomic mass is 9.99. The van der Waals surface area contributed by atoms with Gasteiger partial charge in [-0.1, -0.05) is 23.5 Å². The number of aryl methyl sites for hydroxylation is 1. The minimum atomic E-state index is -0.462. The summed E-state index contributed by atoms with van der Waals surface area (Å²) in [6, 6.07) is 9.56. The lowest BCUT2D eigenvalue weighted by Crippen LogP contribution is -2.21. The van der Waals surface area contributed by atoms with E-state index in [1.165, 1.54) is 5.01 Å². The van der Waals surface area contributed by atoms with Gasteiger partial charge in [-0.2, -0.15) is 10.1 Å². The number of carbonyl (C=O) groups is 2. The van der Waals surface area contributed by atoms with E-state index >= 15 is 0 Å². The summed E-state index contributed by atoms with van der Waals surface area (Å²) in [5.74, 6) is 0.525. The topological polar surface area (TPSA) is 90.3 Å². The summed E-state index contributed by atoms with van der Waals surface area (Å²) >= 11 is 1.08. The number of rotatable bonds is 6. The van der Waals surface area contributed by atoms with Crippen molar-refractivity contribution in [2.75, 3.05) is 25.8 Å². The number of carbonyl (C=O) groups excluding carboxylic acids is 2. The van der Waals surface area contributed by atoms with E-state index in [2.05, 4.69) is 10.1 Å². The minimum absolute atomic E-state index is 0.260. The van der Waals surface area contributed by atoms with Gasteiger partial charge in [-0.15, -0.1) is 0 Å². The van der Waals surface area contributed by atoms with Crippen LogP contribution in [0.1, 0.15) is 34.8 Å². The first-order chi connectivity index (χ1) is 15.9. The number of benzene rings is 2. The molecule has 0 unspecified atom stereocenters. The Bertz CT molecular complexity index is 1320. The summed E-state index contributed by atoms with van der Waals surface area (Å²) in [7, 11) is 3.19. The summed E-state index contributed by atoms with van der Waals surface area (Å²) in [4.78, 5) is 30.2. The van der Waals surface area contributed by atoms with Crippen molar-refractivity contribution in [3.05, 3.63) is 52.0 Å². The number of methoxy groups -OCH3 is 2. The zero-order chi connectivity index (χ0) is 23.7. The molecule has 3 aromatic rings. The molecule has 0 aliphatic carbocycles. The van der Waals surface area contributed by atoms with Gasteiger partial charge in [0.1, 0.15) is 16.4 Å². The van der Waals surface area contributed by atoms with Gasteiger partial charge in [-0.3, -0.25) is 4.79 Å². The average Bonchev–Trinajstić information content (AvgIpc) is 3.33. The van der Waals surface area contributed by atoms with Crippen molar-refractivity contribution in [2.24, 2.45) is 5.10 Å². The number of thiazole rings is 1. The lowest BCUT2D eigenvalue weighted by molar-refractivity contribution is -0.114. The Balaban J connectivity index is 1.77. The number of hydrazone groups is 1. The molecule has 0 radical (unpaired) electrons. The molecule has 0 saturated heterocycles. The van der Waals surface area contributed by atoms with Crippen LogP contribution in [0.2, 0.25) is 0 Å². The maximum absolute atomic E-state index is 13.3. The van der Waals surface area contributed by atoms with Crippen LogP contribution < -0.4 is 14.5 Å². The third-order valence-electron chi connectivity index (χ3n) is 5.23. The van der Waals surface area contributed by atoms with E-state index in [1.807, 2.05) is 30.3 Å². The van der Waals surface area contributed by atoms with Crippen molar-refractivity contribution in [2.45, 2.75) is 20.8 Å². The zero-order valence-electron chi connectivity index (χ0n) is 19.0. The Morgan fingerprint density at radius 3 is 2.61 bits per heavy atom. The highest BCUT2D eigenvalue weighted by atomic mass is 32.1. The van der Waals surface area contributed by atoms with Gasteiger partial charge in [-0.25, -0.2) is 9.78 Å². The number of amides is 1. The molecular formula is C24H23N3O5S. The fourth-order valence-electron chi connectivity index (χ4n) is 3.57. The van der Waals surface area contributed by atoms with Crippen LogP contribution in [0.15, 0.2) is 41.0 Å². The van der Waals surface area contributed by atoms with Crippen molar-refractivity contribution in [3.63, 3.8) is 0 Å². The van der Waals surface area contributed by atoms with Gasteiger partial charge in [0.15, 0.2) is 0 Å². The van der Waals surface area contributed by atoms with Crippen LogP contribution in [0.25, 0.3) is 16.8 Å². The van der Waals surface area contributed by atoms with Crippen molar-refractivity contribution < 1.29 is 23.8 Å². The van der Waals surface area contributed by atoms with Gasteiger partial charge in [0.2, 0.25) is 5.13 Å². The Hall–Kier alpha value is -3.72. The SMILES string of the molecule is CCOC(=O)c1sc(N2N=C(C)/C(=C/c3c(OC)ccc4ccc(OC)cc34)C2=O)nc1C. The van der Waals surface area contributed by atoms with Crippen molar-refractivity contribution in [1.29, 1.82) is 0 Å². The number of hydrogen-bond donors (Lipinski definition) is 0. The van der Waals surface area contributed by atoms with Crippen molar-refractivity contribution in [3.8, 4) is 11.5 Å². The van der Waals surface area contributed by atoms with E-state index in [0.717, 1.165) is 27.7 Å². The molecule has 1 aromatic heterocycles. The van der Waals surface area contributed by atoms with Crippen LogP contribution in [0.3, 0.4) is 0 Å². The molecule has 2 heterocycles. The van der Waals surface area contributed by atoms with E-state index in [9.17, 15) is 9.59 Å². The monoisotopic (exact) mass is 465 g/mol. The largest absolute Gasteiger partial charge is 0.497 e. The number of esters is 1. The van der Waals surface area contributed by atoms with E-state index in [0.29, 0.717) is 38.5 Å². The van der Waals surface area contributed by atoms with Crippen molar-refractivity contribution in [1.82, 2.24) is 4.98 Å². The van der Waals surface area contributed by atoms with Gasteiger partial charge in [0.05, 0.1) is 37.8 Å². The van der Waals surface area contributed by atoms with Crippen molar-refractivity contribution >= 4 is 50.9 Å². The summed E-state index contributed by atoms with van der Waals surface area (Å²) in [5, 5.41) is 7.81. The van der Waals surface area contributed by atoms with Crippen LogP contribution >= 0.6 is 11.3 Å². The number of hydrogen-bond acceptors (Lipinski definition) is 8. The maximum Gasteiger partial charge on any atom is 0.350 e. The van der Waals surface area contributed by atoms with Crippen LogP contribution in [0.5, 0.6) is 11.5 Å². The van der Waals surface area contributed by atoms with E-state index in [1.54, 1.807) is 41.1 Å². The first-order valence-corrected chi connectivity index (χ1v) is 11.1. The van der Waals surface area contributed by atoms with Crippen LogP contribution in [-0.4, -0.2) is 43.4 Å². The number of nitrogens with zero attached hydrogens (tertiary/aromatic N) is 3. The summed E-state index contributed by atoms with van der Waals surface area (Å²) < 4.78 is 16.0. The molecule has 2 aromatic carbocycles. The second-order valence-electron chi connectivity index (χ2n) is 7.26. The molecule has 0 N–H and O–H groups in total. The van der Waals surface area contributed by atoms with E-state index in [-0.39, 0.29) is 12.5 Å². The number of aromatic nitrogens is 1. The molecule has 0 bridgehead atoms. The molecule has 1 amide bonds. The lowest BCUT2D eigenvalue weighted by Gasteiger charge is -2.11. The van der Waals surface area contributed by atoms with Crippen LogP contribution in [-0.2, 0) is 9.53 Å². The predicted molar refractivity (Wildman–Crippen MR) is 128 cm³/mol. The standard InChI is InChI=1S/C24H23N3O5S/c1-6-32-23(29)21-14(3)25-24(33-21)27-22(28)17(13(2)26-27)12-19-18-11-16(30-4)9-7-15(18)8-10-20(19)31-5/h7-12H,6H2,1-5H3/b17-12-. The molecule has 4 rings (SSSR count). The first kappa shape index (κ1) is 22.5. The van der Waals surface area contributed by atoms with Crippen LogP contribution in [0.4, 0.5) is 5.13 Å². The third kappa shape index (κ3) is 4.07. The fourth-order valence-corrected chi connectivity index (χ4v) is 4.48. The highest BCUT2D eigenvalue weighted by Crippen LogP contribution is 2.35. The van der Waals surface area contributed by atoms with Gasteiger partial charge < -0.3 is 14.2 Å². The average molecular weight is 466 g/mol. The van der Waals surface area contributed by atoms with Gasteiger partial charge in [0.25, 0.3) is 5.91 Å². The fraction of sp³-hybridized carbons (Fsp3) is 0.250. The molecule has 0 atom stereocenters. The highest BCUT2D eigenvalue weighted by molar-refractivity contribution is 7.17. The molecule has 1 aliphatic rings. The number of ether oxygens (including phenoxy) is 3. The maximum atomic E-state index is 13.3. The van der Waals surface area contributed by atoms with E-state index in [4.69, 9.17) is 14.2 Å². The normalized spacial score (nSPS) is 14.7. The Kier molecular flexibility index (Phi) is 6.15. The molecule has 0 saturated carbocycles. The molecule has 8 nitrogen and oxygen atoms in total. The van der Waals surface area contributed by atoms with Gasteiger partial charge in [-0.05, 0) is 55.8 Å². The molecule has 33 heavy (non-hydrogen) atoms. The minimum Gasteiger partial charge on any atom is -0.497 e. The Morgan fingerprint density at radius 1 is 1.15 bits per heavy atom. The third-order valence-corrected chi connectivity index (χ3v) is 6.34. The van der Waals surface area contributed by atoms with Gasteiger partial charge >= 0.3 is 5.97 Å². The summed E-state index contributed by atoms with van der Waals surface area (Å²) in [5.41, 5.74) is 2.19.